The fourth-order valence-electron chi connectivity index (χ4n) is 15.2. The SMILES string of the molecule is C=CCOC(=O)CC[C@@H]1NC(=O)CN(C)C(=O)[C@H](Cc2ccc(C(F)(F)F)cc2)N(CCC)C(=O)[C@@H]2CCN2C(=O)[C@@H](C)N(C)C(=O)[C@H]([C@@H](C)CC)NC(=O)[C@H](CC(C)C)N(C)C(=O)C[C@@H](C(=O)N2CCOCC2)N(C)C(=O)[C@H](C2CCCC2)N(C)C(=O)C2(CCCC2)NC(=O)[C@@H]2CCCN2C1=O. The van der Waals surface area contributed by atoms with Crippen LogP contribution in [0, 0.1) is 17.8 Å². The summed E-state index contributed by atoms with van der Waals surface area (Å²) in [5.74, 6) is -10.5. The van der Waals surface area contributed by atoms with Crippen molar-refractivity contribution in [1.29, 1.82) is 0 Å². The molecule has 12 amide bonds. The van der Waals surface area contributed by atoms with Crippen molar-refractivity contribution in [2.45, 2.75) is 223 Å². The van der Waals surface area contributed by atoms with Crippen molar-refractivity contribution in [2.24, 2.45) is 17.8 Å². The van der Waals surface area contributed by atoms with E-state index in [1.165, 1.54) is 94.7 Å². The number of hydrogen-bond acceptors (Lipinski definition) is 15. The lowest BCUT2D eigenvalue weighted by Gasteiger charge is -2.46. The van der Waals surface area contributed by atoms with E-state index in [0.29, 0.717) is 38.5 Å². The molecule has 4 heterocycles. The van der Waals surface area contributed by atoms with E-state index in [9.17, 15) is 32.3 Å². The maximum atomic E-state index is 15.7. The van der Waals surface area contributed by atoms with Crippen molar-refractivity contribution in [1.82, 2.24) is 60.0 Å². The summed E-state index contributed by atoms with van der Waals surface area (Å²) in [5, 5.41) is 8.62. The van der Waals surface area contributed by atoms with Crippen LogP contribution >= 0.6 is 0 Å². The van der Waals surface area contributed by atoms with Gasteiger partial charge in [0.15, 0.2) is 0 Å². The van der Waals surface area contributed by atoms with Crippen LogP contribution in [0.4, 0.5) is 13.2 Å². The molecule has 6 fully saturated rings. The first-order valence-electron chi connectivity index (χ1n) is 36.7. The molecule has 0 bridgehead atoms. The van der Waals surface area contributed by atoms with Gasteiger partial charge in [-0.15, -0.1) is 0 Å². The second kappa shape index (κ2) is 36.5. The highest BCUT2D eigenvalue weighted by molar-refractivity contribution is 6.01. The second-order valence-electron chi connectivity index (χ2n) is 29.2. The van der Waals surface area contributed by atoms with Gasteiger partial charge in [0.25, 0.3) is 0 Å². The van der Waals surface area contributed by atoms with Gasteiger partial charge >= 0.3 is 12.1 Å². The average Bonchev–Trinajstić information content (AvgIpc) is 1.75. The van der Waals surface area contributed by atoms with Gasteiger partial charge in [-0.25, -0.2) is 0 Å². The zero-order chi connectivity index (χ0) is 75.9. The third-order valence-electron chi connectivity index (χ3n) is 21.7. The molecule has 103 heavy (non-hydrogen) atoms. The van der Waals surface area contributed by atoms with E-state index >= 15 is 43.2 Å². The topological polar surface area (TPSA) is 306 Å². The highest BCUT2D eigenvalue weighted by Crippen LogP contribution is 2.38. The summed E-state index contributed by atoms with van der Waals surface area (Å²) >= 11 is 0. The van der Waals surface area contributed by atoms with Crippen molar-refractivity contribution in [2.75, 3.05) is 94.3 Å². The number of nitrogens with one attached hydrogen (secondary N) is 3. The Morgan fingerprint density at radius 2 is 1.35 bits per heavy atom. The van der Waals surface area contributed by atoms with Crippen LogP contribution in [0.15, 0.2) is 36.9 Å². The maximum absolute atomic E-state index is 15.7. The molecule has 7 rings (SSSR count). The molecule has 0 unspecified atom stereocenters. The van der Waals surface area contributed by atoms with Gasteiger partial charge in [-0.3, -0.25) is 62.3 Å². The molecule has 10 atom stereocenters. The number of ether oxygens (including phenoxy) is 2. The number of fused-ring (bicyclic) bond motifs is 2. The predicted molar refractivity (Wildman–Crippen MR) is 372 cm³/mol. The Kier molecular flexibility index (Phi) is 29.1. The molecule has 2 saturated carbocycles. The molecule has 572 valence electrons. The van der Waals surface area contributed by atoms with E-state index in [0.717, 1.165) is 34.8 Å². The van der Waals surface area contributed by atoms with Crippen LogP contribution in [0.25, 0.3) is 0 Å². The number of halogens is 3. The Balaban J connectivity index is 1.32. The normalized spacial score (nSPS) is 27.0. The van der Waals surface area contributed by atoms with Crippen LogP contribution < -0.4 is 16.0 Å². The van der Waals surface area contributed by atoms with Gasteiger partial charge in [0.2, 0.25) is 70.9 Å². The number of benzene rings is 1. The Hall–Kier alpha value is -8.18. The number of carbonyl (C=O) groups excluding carboxylic acids is 13. The fraction of sp³-hybridized carbons (Fsp3) is 0.712. The number of amides is 12. The van der Waals surface area contributed by atoms with E-state index in [1.54, 1.807) is 13.8 Å². The van der Waals surface area contributed by atoms with Crippen LogP contribution in [0.2, 0.25) is 0 Å². The number of hydrogen-bond donors (Lipinski definition) is 3. The lowest BCUT2D eigenvalue weighted by atomic mass is 9.90. The molecule has 3 N–H and O–H groups in total. The molecule has 4 saturated heterocycles. The predicted octanol–water partition coefficient (Wildman–Crippen LogP) is 3.69. The van der Waals surface area contributed by atoms with Gasteiger partial charge < -0.3 is 69.5 Å². The molecular formula is C73H109F3N12O15. The highest BCUT2D eigenvalue weighted by Gasteiger charge is 2.52. The van der Waals surface area contributed by atoms with Crippen molar-refractivity contribution in [3.05, 3.63) is 48.0 Å². The molecule has 1 aromatic carbocycles. The van der Waals surface area contributed by atoms with Gasteiger partial charge in [0.1, 0.15) is 66.5 Å². The standard InChI is InChI=1S/C73H109F3N12O15/c1-13-33-86-56(42-48-24-26-50(27-25-48)73(74,75)76)66(96)80(8)44-57(89)77-51(28-29-59(91)103-38-14-2)65(95)87-34-20-23-52(87)63(93)79-72(31-18-19-32-72)71(101)84(12)61(49-21-16-17-22-49)70(100)83(11)55(67(97)85-36-39-102-40-37-85)43-58(90)82(10)54(41-45(4)5)62(92)78-60(46(6)15-3)69(99)81(9)47(7)64(94)88-35-30-53(88)68(86)98/h14,24-27,45-47,49,51-56,60-61H,2,13,15-23,28-44H2,1,3-12H3,(H,77,89)(H,78,92)(H,79,93)/t46-,47+,51-,52-,53-,54-,55-,56-,60-,61-/m0/s1. The molecule has 27 nitrogen and oxygen atoms in total. The van der Waals surface area contributed by atoms with Crippen molar-refractivity contribution < 1.29 is 85.0 Å². The molecule has 2 aliphatic carbocycles. The van der Waals surface area contributed by atoms with Crippen LogP contribution in [0.3, 0.4) is 0 Å². The van der Waals surface area contributed by atoms with E-state index in [1.807, 2.05) is 20.8 Å². The van der Waals surface area contributed by atoms with Gasteiger partial charge in [0.05, 0.1) is 31.7 Å². The summed E-state index contributed by atoms with van der Waals surface area (Å²) in [4.78, 5) is 206. The number of likely N-dealkylation sites (N-methyl/N-ethyl adjacent to an activating group) is 5. The molecular weight excluding hydrogens is 1340 g/mol. The minimum Gasteiger partial charge on any atom is -0.461 e. The van der Waals surface area contributed by atoms with Gasteiger partial charge in [0, 0.05) is 80.8 Å². The lowest BCUT2D eigenvalue weighted by molar-refractivity contribution is -0.161. The monoisotopic (exact) mass is 1450 g/mol. The minimum absolute atomic E-state index is 0.00558. The summed E-state index contributed by atoms with van der Waals surface area (Å²) < 4.78 is 52.6. The first-order chi connectivity index (χ1) is 48.7. The number of carbonyl (C=O) groups is 13. The van der Waals surface area contributed by atoms with Gasteiger partial charge in [-0.1, -0.05) is 91.5 Å². The molecule has 4 aliphatic heterocycles. The maximum Gasteiger partial charge on any atom is 0.416 e. The molecule has 6 aliphatic rings. The summed E-state index contributed by atoms with van der Waals surface area (Å²) in [6.07, 6.45) is -0.0964. The third-order valence-corrected chi connectivity index (χ3v) is 21.7. The number of nitrogens with zero attached hydrogens (tertiary/aromatic N) is 9. The second-order valence-corrected chi connectivity index (χ2v) is 29.2. The Bertz CT molecular complexity index is 3250. The molecule has 0 aromatic heterocycles. The quantitative estimate of drug-likeness (QED) is 0.167. The summed E-state index contributed by atoms with van der Waals surface area (Å²) in [6, 6.07) is -7.91. The highest BCUT2D eigenvalue weighted by atomic mass is 19.4. The smallest absolute Gasteiger partial charge is 0.416 e. The summed E-state index contributed by atoms with van der Waals surface area (Å²) in [6.45, 7) is 13.6. The van der Waals surface area contributed by atoms with Crippen LogP contribution in [-0.4, -0.2) is 275 Å². The summed E-state index contributed by atoms with van der Waals surface area (Å²) in [7, 11) is 6.96. The van der Waals surface area contributed by atoms with E-state index < -0.39 is 180 Å². The molecule has 1 aromatic rings. The average molecular weight is 1450 g/mol. The number of rotatable bonds is 15. The Labute approximate surface area is 602 Å². The van der Waals surface area contributed by atoms with Gasteiger partial charge in [-0.05, 0) is 107 Å². The number of morpholine rings is 1. The zero-order valence-electron chi connectivity index (χ0n) is 61.9. The van der Waals surface area contributed by atoms with E-state index in [4.69, 9.17) is 9.47 Å². The number of alkyl halides is 3. The van der Waals surface area contributed by atoms with Gasteiger partial charge in [-0.2, -0.15) is 13.2 Å². The Morgan fingerprint density at radius 3 is 1.93 bits per heavy atom. The van der Waals surface area contributed by atoms with Crippen molar-refractivity contribution in [3.8, 4) is 0 Å². The fourth-order valence-corrected chi connectivity index (χ4v) is 15.2. The molecule has 30 heteroatoms. The first kappa shape index (κ1) is 82.1. The molecule has 0 radical (unpaired) electrons. The van der Waals surface area contributed by atoms with Crippen molar-refractivity contribution >= 4 is 76.9 Å². The first-order valence-corrected chi connectivity index (χ1v) is 36.7. The third kappa shape index (κ3) is 19.8. The van der Waals surface area contributed by atoms with E-state index in [-0.39, 0.29) is 115 Å². The van der Waals surface area contributed by atoms with Crippen LogP contribution in [0.1, 0.15) is 162 Å². The lowest BCUT2D eigenvalue weighted by Crippen LogP contribution is -2.65. The zero-order valence-corrected chi connectivity index (χ0v) is 61.9. The summed E-state index contributed by atoms with van der Waals surface area (Å²) in [5.41, 5.74) is -2.36. The van der Waals surface area contributed by atoms with Crippen molar-refractivity contribution in [3.63, 3.8) is 0 Å². The number of esters is 1. The minimum atomic E-state index is -4.72. The van der Waals surface area contributed by atoms with Crippen LogP contribution in [-0.2, 0) is 84.4 Å². The Morgan fingerprint density at radius 1 is 0.709 bits per heavy atom. The molecule has 1 spiro atoms. The van der Waals surface area contributed by atoms with Crippen LogP contribution in [0.5, 0.6) is 0 Å². The van der Waals surface area contributed by atoms with E-state index in [2.05, 4.69) is 22.5 Å². The largest absolute Gasteiger partial charge is 0.461 e.